The van der Waals surface area contributed by atoms with Crippen molar-refractivity contribution in [3.05, 3.63) is 23.5 Å². The third-order valence-electron chi connectivity index (χ3n) is 1.72. The highest BCUT2D eigenvalue weighted by Gasteiger charge is 2.08. The van der Waals surface area contributed by atoms with E-state index in [4.69, 9.17) is 10.5 Å². The number of anilines is 1. The van der Waals surface area contributed by atoms with E-state index in [-0.39, 0.29) is 11.6 Å². The molecule has 1 rings (SSSR count). The quantitative estimate of drug-likeness (QED) is 0.528. The van der Waals surface area contributed by atoms with E-state index in [1.807, 2.05) is 0 Å². The Kier molecular flexibility index (Phi) is 3.77. The summed E-state index contributed by atoms with van der Waals surface area (Å²) in [5.74, 6) is -0.250. The number of hydrogen-bond acceptors (Lipinski definition) is 2. The Morgan fingerprint density at radius 3 is 2.69 bits per heavy atom. The zero-order valence-corrected chi connectivity index (χ0v) is 9.47. The van der Waals surface area contributed by atoms with Gasteiger partial charge in [-0.05, 0) is 24.1 Å². The molecule has 0 aliphatic carbocycles. The normalized spacial score (nSPS) is 10.1. The van der Waals surface area contributed by atoms with E-state index in [9.17, 15) is 4.39 Å². The molecule has 2 N–H and O–H groups in total. The molecule has 0 amide bonds. The Bertz CT molecular complexity index is 281. The summed E-state index contributed by atoms with van der Waals surface area (Å²) in [6.07, 6.45) is 0.825. The van der Waals surface area contributed by atoms with Crippen molar-refractivity contribution in [3.63, 3.8) is 0 Å². The molecule has 0 atom stereocenters. The third-order valence-corrected chi connectivity index (χ3v) is 2.26. The summed E-state index contributed by atoms with van der Waals surface area (Å²) in [4.78, 5) is 0. The Hall–Kier alpha value is -0.520. The molecule has 0 aliphatic heterocycles. The number of aryl methyl sites for hydroxylation is 1. The minimum atomic E-state index is -0.387. The molecule has 0 saturated heterocycles. The summed E-state index contributed by atoms with van der Waals surface area (Å²) in [6.45, 7) is 0. The SMILES string of the molecule is COc1c(N)cc(CCI)cc1F. The summed E-state index contributed by atoms with van der Waals surface area (Å²) >= 11 is 2.24. The molecule has 72 valence electrons. The Labute approximate surface area is 90.4 Å². The predicted molar refractivity (Wildman–Crippen MR) is 60.0 cm³/mol. The number of alkyl halides is 1. The average molecular weight is 295 g/mol. The Morgan fingerprint density at radius 2 is 2.23 bits per heavy atom. The Morgan fingerprint density at radius 1 is 1.54 bits per heavy atom. The topological polar surface area (TPSA) is 35.2 Å². The predicted octanol–water partition coefficient (Wildman–Crippen LogP) is 2.39. The van der Waals surface area contributed by atoms with Gasteiger partial charge in [-0.15, -0.1) is 0 Å². The Balaban J connectivity index is 3.05. The van der Waals surface area contributed by atoms with Crippen LogP contribution >= 0.6 is 22.6 Å². The summed E-state index contributed by atoms with van der Waals surface area (Å²) in [5.41, 5.74) is 6.87. The van der Waals surface area contributed by atoms with Gasteiger partial charge in [0.2, 0.25) is 0 Å². The molecule has 13 heavy (non-hydrogen) atoms. The zero-order chi connectivity index (χ0) is 9.84. The number of benzene rings is 1. The average Bonchev–Trinajstić information content (AvgIpc) is 2.04. The minimum Gasteiger partial charge on any atom is -0.492 e. The number of methoxy groups -OCH3 is 1. The highest BCUT2D eigenvalue weighted by molar-refractivity contribution is 14.1. The molecule has 4 heteroatoms. The maximum absolute atomic E-state index is 13.2. The number of ether oxygens (including phenoxy) is 1. The molecular weight excluding hydrogens is 284 g/mol. The van der Waals surface area contributed by atoms with Gasteiger partial charge in [0.1, 0.15) is 0 Å². The molecule has 0 unspecified atom stereocenters. The molecule has 0 aliphatic rings. The van der Waals surface area contributed by atoms with Gasteiger partial charge in [-0.3, -0.25) is 0 Å². The molecule has 2 nitrogen and oxygen atoms in total. The lowest BCUT2D eigenvalue weighted by Gasteiger charge is -2.07. The highest BCUT2D eigenvalue weighted by Crippen LogP contribution is 2.26. The molecule has 0 heterocycles. The lowest BCUT2D eigenvalue weighted by Crippen LogP contribution is -1.98. The first-order chi connectivity index (χ1) is 6.19. The molecule has 1 aromatic rings. The van der Waals surface area contributed by atoms with Crippen molar-refractivity contribution in [1.29, 1.82) is 0 Å². The van der Waals surface area contributed by atoms with Crippen molar-refractivity contribution in [3.8, 4) is 5.75 Å². The molecule has 0 fully saturated rings. The van der Waals surface area contributed by atoms with Gasteiger partial charge < -0.3 is 10.5 Å². The van der Waals surface area contributed by atoms with Crippen LogP contribution in [0.25, 0.3) is 0 Å². The van der Waals surface area contributed by atoms with E-state index in [1.54, 1.807) is 6.07 Å². The molecule has 0 aromatic heterocycles. The van der Waals surface area contributed by atoms with Crippen LogP contribution in [0.1, 0.15) is 5.56 Å². The molecule has 1 aromatic carbocycles. The number of nitrogen functional groups attached to an aromatic ring is 1. The summed E-state index contributed by atoms with van der Waals surface area (Å²) < 4.78 is 19.0. The van der Waals surface area contributed by atoms with Gasteiger partial charge in [0, 0.05) is 4.43 Å². The van der Waals surface area contributed by atoms with Gasteiger partial charge in [-0.1, -0.05) is 22.6 Å². The molecule has 0 saturated carbocycles. The van der Waals surface area contributed by atoms with Crippen molar-refractivity contribution >= 4 is 28.3 Å². The first kappa shape index (κ1) is 10.6. The number of nitrogens with two attached hydrogens (primary N) is 1. The zero-order valence-electron chi connectivity index (χ0n) is 7.31. The number of hydrogen-bond donors (Lipinski definition) is 1. The largest absolute Gasteiger partial charge is 0.492 e. The maximum atomic E-state index is 13.2. The van der Waals surface area contributed by atoms with Crippen LogP contribution in [-0.4, -0.2) is 11.5 Å². The lowest BCUT2D eigenvalue weighted by atomic mass is 10.1. The number of rotatable bonds is 3. The summed E-state index contributed by atoms with van der Waals surface area (Å²) in [7, 11) is 1.41. The smallest absolute Gasteiger partial charge is 0.177 e. The van der Waals surface area contributed by atoms with Gasteiger partial charge >= 0.3 is 0 Å². The van der Waals surface area contributed by atoms with Crippen LogP contribution in [0, 0.1) is 5.82 Å². The van der Waals surface area contributed by atoms with Crippen molar-refractivity contribution in [2.45, 2.75) is 6.42 Å². The van der Waals surface area contributed by atoms with Crippen LogP contribution in [0.15, 0.2) is 12.1 Å². The van der Waals surface area contributed by atoms with Crippen molar-refractivity contribution < 1.29 is 9.13 Å². The first-order valence-electron chi connectivity index (χ1n) is 3.87. The van der Waals surface area contributed by atoms with E-state index >= 15 is 0 Å². The van der Waals surface area contributed by atoms with E-state index < -0.39 is 0 Å². The first-order valence-corrected chi connectivity index (χ1v) is 5.39. The van der Waals surface area contributed by atoms with Crippen LogP contribution in [0.4, 0.5) is 10.1 Å². The lowest BCUT2D eigenvalue weighted by molar-refractivity contribution is 0.388. The van der Waals surface area contributed by atoms with Crippen LogP contribution < -0.4 is 10.5 Å². The van der Waals surface area contributed by atoms with Gasteiger partial charge in [0.25, 0.3) is 0 Å². The second kappa shape index (κ2) is 4.64. The second-order valence-electron chi connectivity index (χ2n) is 2.64. The van der Waals surface area contributed by atoms with Crippen LogP contribution in [0.2, 0.25) is 0 Å². The highest BCUT2D eigenvalue weighted by atomic mass is 127. The van der Waals surface area contributed by atoms with Gasteiger partial charge in [-0.2, -0.15) is 0 Å². The summed E-state index contributed by atoms with van der Waals surface area (Å²) in [6, 6.07) is 3.22. The minimum absolute atomic E-state index is 0.136. The maximum Gasteiger partial charge on any atom is 0.177 e. The van der Waals surface area contributed by atoms with E-state index in [2.05, 4.69) is 22.6 Å². The monoisotopic (exact) mass is 295 g/mol. The third kappa shape index (κ3) is 2.46. The molecule has 0 bridgehead atoms. The molecule has 0 spiro atoms. The van der Waals surface area contributed by atoms with Crippen molar-refractivity contribution in [1.82, 2.24) is 0 Å². The van der Waals surface area contributed by atoms with E-state index in [0.29, 0.717) is 5.69 Å². The van der Waals surface area contributed by atoms with E-state index in [1.165, 1.54) is 13.2 Å². The van der Waals surface area contributed by atoms with Crippen LogP contribution in [0.5, 0.6) is 5.75 Å². The molecular formula is C9H11FINO. The second-order valence-corrected chi connectivity index (χ2v) is 3.72. The fraction of sp³-hybridized carbons (Fsp3) is 0.333. The van der Waals surface area contributed by atoms with Crippen molar-refractivity contribution in [2.24, 2.45) is 0 Å². The van der Waals surface area contributed by atoms with Gasteiger partial charge in [0.15, 0.2) is 11.6 Å². The van der Waals surface area contributed by atoms with E-state index in [0.717, 1.165) is 16.4 Å². The van der Waals surface area contributed by atoms with Crippen molar-refractivity contribution in [2.75, 3.05) is 17.3 Å². The van der Waals surface area contributed by atoms with Gasteiger partial charge in [-0.25, -0.2) is 4.39 Å². The fourth-order valence-corrected chi connectivity index (χ4v) is 1.76. The van der Waals surface area contributed by atoms with Crippen LogP contribution in [0.3, 0.4) is 0 Å². The fourth-order valence-electron chi connectivity index (χ4n) is 1.14. The molecule has 0 radical (unpaired) electrons. The standard InChI is InChI=1S/C9H11FINO/c1-13-9-7(10)4-6(2-3-11)5-8(9)12/h4-5H,2-3,12H2,1H3. The van der Waals surface area contributed by atoms with Crippen LogP contribution in [-0.2, 0) is 6.42 Å². The number of halogens is 2. The summed E-state index contributed by atoms with van der Waals surface area (Å²) in [5, 5.41) is 0. The van der Waals surface area contributed by atoms with Gasteiger partial charge in [0.05, 0.1) is 12.8 Å².